The Morgan fingerprint density at radius 1 is 1.62 bits per heavy atom. The maximum atomic E-state index is 10.8. The van der Waals surface area contributed by atoms with Gasteiger partial charge in [-0.1, -0.05) is 0 Å². The zero-order chi connectivity index (χ0) is 9.84. The van der Waals surface area contributed by atoms with Gasteiger partial charge in [-0.2, -0.15) is 0 Å². The third-order valence-corrected chi connectivity index (χ3v) is 2.63. The molecule has 0 aliphatic heterocycles. The number of ether oxygens (including phenoxy) is 1. The van der Waals surface area contributed by atoms with Crippen molar-refractivity contribution in [3.63, 3.8) is 0 Å². The topological polar surface area (TPSA) is 64.3 Å². The quantitative estimate of drug-likeness (QED) is 0.650. The number of nitrogens with two attached hydrogens (primary N) is 1. The number of rotatable bonds is 4. The van der Waals surface area contributed by atoms with Crippen LogP contribution in [0.4, 0.5) is 0 Å². The molecule has 1 rings (SSSR count). The van der Waals surface area contributed by atoms with Crippen LogP contribution in [-0.4, -0.2) is 31.2 Å². The van der Waals surface area contributed by atoms with E-state index in [1.54, 1.807) is 14.0 Å². The van der Waals surface area contributed by atoms with Crippen molar-refractivity contribution in [1.29, 1.82) is 0 Å². The molecule has 0 radical (unpaired) electrons. The fraction of sp³-hybridized carbons (Fsp3) is 0.889. The van der Waals surface area contributed by atoms with Crippen molar-refractivity contribution in [3.8, 4) is 0 Å². The number of amides is 1. The second-order valence-electron chi connectivity index (χ2n) is 3.66. The first-order valence-corrected chi connectivity index (χ1v) is 4.71. The molecular formula is C9H18N2O2. The number of hydrogen-bond acceptors (Lipinski definition) is 3. The van der Waals surface area contributed by atoms with Crippen LogP contribution in [0.3, 0.4) is 0 Å². The summed E-state index contributed by atoms with van der Waals surface area (Å²) in [6.07, 6.45) is 3.46. The number of hydrogen-bond donors (Lipinski definition) is 2. The smallest absolute Gasteiger partial charge is 0.234 e. The van der Waals surface area contributed by atoms with Crippen LogP contribution in [0, 0.1) is 0 Å². The predicted octanol–water partition coefficient (Wildman–Crippen LogP) is 0.0173. The van der Waals surface area contributed by atoms with Gasteiger partial charge < -0.3 is 15.8 Å². The molecule has 0 bridgehead atoms. The van der Waals surface area contributed by atoms with Gasteiger partial charge in [0.15, 0.2) is 0 Å². The molecule has 76 valence electrons. The maximum Gasteiger partial charge on any atom is 0.234 e. The summed E-state index contributed by atoms with van der Waals surface area (Å²) in [5.74, 6) is -0.291. The summed E-state index contributed by atoms with van der Waals surface area (Å²) >= 11 is 0. The van der Waals surface area contributed by atoms with Crippen LogP contribution in [0.5, 0.6) is 0 Å². The fourth-order valence-corrected chi connectivity index (χ4v) is 1.74. The minimum absolute atomic E-state index is 0.236. The third kappa shape index (κ3) is 2.97. The SMILES string of the molecule is COC1CCC(NC(C)C(N)=O)C1. The van der Waals surface area contributed by atoms with Crippen LogP contribution in [-0.2, 0) is 9.53 Å². The lowest BCUT2D eigenvalue weighted by Crippen LogP contribution is -2.43. The van der Waals surface area contributed by atoms with E-state index >= 15 is 0 Å². The Balaban J connectivity index is 2.27. The van der Waals surface area contributed by atoms with E-state index < -0.39 is 0 Å². The highest BCUT2D eigenvalue weighted by Gasteiger charge is 2.26. The monoisotopic (exact) mass is 186 g/mol. The largest absolute Gasteiger partial charge is 0.381 e. The molecule has 13 heavy (non-hydrogen) atoms. The van der Waals surface area contributed by atoms with Crippen LogP contribution < -0.4 is 11.1 Å². The van der Waals surface area contributed by atoms with E-state index in [1.807, 2.05) is 0 Å². The number of carbonyl (C=O) groups is 1. The Kier molecular flexibility index (Phi) is 3.69. The summed E-state index contributed by atoms with van der Waals surface area (Å²) < 4.78 is 5.23. The highest BCUT2D eigenvalue weighted by molar-refractivity contribution is 5.79. The van der Waals surface area contributed by atoms with Crippen LogP contribution >= 0.6 is 0 Å². The molecule has 0 aromatic heterocycles. The zero-order valence-electron chi connectivity index (χ0n) is 8.25. The molecule has 1 aliphatic carbocycles. The molecule has 1 amide bonds. The summed E-state index contributed by atoms with van der Waals surface area (Å²) in [6.45, 7) is 1.79. The van der Waals surface area contributed by atoms with Crippen molar-refractivity contribution in [1.82, 2.24) is 5.32 Å². The summed E-state index contributed by atoms with van der Waals surface area (Å²) in [7, 11) is 1.73. The molecular weight excluding hydrogens is 168 g/mol. The van der Waals surface area contributed by atoms with E-state index in [-0.39, 0.29) is 11.9 Å². The fourth-order valence-electron chi connectivity index (χ4n) is 1.74. The van der Waals surface area contributed by atoms with Gasteiger partial charge in [0.05, 0.1) is 12.1 Å². The Bertz CT molecular complexity index is 184. The van der Waals surface area contributed by atoms with Crippen molar-refractivity contribution >= 4 is 5.91 Å². The number of carbonyl (C=O) groups excluding carboxylic acids is 1. The molecule has 4 heteroatoms. The Morgan fingerprint density at radius 2 is 2.31 bits per heavy atom. The van der Waals surface area contributed by atoms with Crippen molar-refractivity contribution < 1.29 is 9.53 Å². The van der Waals surface area contributed by atoms with Crippen LogP contribution in [0.2, 0.25) is 0 Å². The first-order chi connectivity index (χ1) is 6.13. The Morgan fingerprint density at radius 3 is 2.77 bits per heavy atom. The van der Waals surface area contributed by atoms with Crippen LogP contribution in [0.1, 0.15) is 26.2 Å². The maximum absolute atomic E-state index is 10.8. The average molecular weight is 186 g/mol. The lowest BCUT2D eigenvalue weighted by atomic mass is 10.2. The Hall–Kier alpha value is -0.610. The first kappa shape index (κ1) is 10.5. The van der Waals surface area contributed by atoms with Crippen LogP contribution in [0.15, 0.2) is 0 Å². The number of primary amides is 1. The normalized spacial score (nSPS) is 30.3. The Labute approximate surface area is 78.8 Å². The van der Waals surface area contributed by atoms with Crippen molar-refractivity contribution in [2.24, 2.45) is 5.73 Å². The van der Waals surface area contributed by atoms with Crippen molar-refractivity contribution in [2.75, 3.05) is 7.11 Å². The first-order valence-electron chi connectivity index (χ1n) is 4.71. The zero-order valence-corrected chi connectivity index (χ0v) is 8.25. The van der Waals surface area contributed by atoms with Gasteiger partial charge >= 0.3 is 0 Å². The van der Waals surface area contributed by atoms with Gasteiger partial charge in [0, 0.05) is 13.2 Å². The molecule has 0 heterocycles. The van der Waals surface area contributed by atoms with Gasteiger partial charge in [-0.05, 0) is 26.2 Å². The summed E-state index contributed by atoms with van der Waals surface area (Å²) in [4.78, 5) is 10.8. The van der Waals surface area contributed by atoms with E-state index in [0.717, 1.165) is 19.3 Å². The van der Waals surface area contributed by atoms with Gasteiger partial charge in [-0.3, -0.25) is 4.79 Å². The molecule has 3 atom stereocenters. The summed E-state index contributed by atoms with van der Waals surface area (Å²) in [6, 6.07) is 0.146. The minimum Gasteiger partial charge on any atom is -0.381 e. The molecule has 4 nitrogen and oxygen atoms in total. The molecule has 0 spiro atoms. The molecule has 3 unspecified atom stereocenters. The van der Waals surface area contributed by atoms with Gasteiger partial charge in [0.2, 0.25) is 5.91 Å². The molecule has 3 N–H and O–H groups in total. The summed E-state index contributed by atoms with van der Waals surface area (Å²) in [5.41, 5.74) is 5.15. The van der Waals surface area contributed by atoms with E-state index in [4.69, 9.17) is 10.5 Å². The highest BCUT2D eigenvalue weighted by atomic mass is 16.5. The van der Waals surface area contributed by atoms with E-state index in [9.17, 15) is 4.79 Å². The molecule has 1 saturated carbocycles. The molecule has 0 saturated heterocycles. The van der Waals surface area contributed by atoms with E-state index in [2.05, 4.69) is 5.32 Å². The third-order valence-electron chi connectivity index (χ3n) is 2.63. The van der Waals surface area contributed by atoms with Gasteiger partial charge in [0.1, 0.15) is 0 Å². The average Bonchev–Trinajstić information content (AvgIpc) is 2.52. The van der Waals surface area contributed by atoms with E-state index in [1.165, 1.54) is 0 Å². The number of nitrogens with one attached hydrogen (secondary N) is 1. The molecule has 1 fully saturated rings. The minimum atomic E-state index is -0.291. The van der Waals surface area contributed by atoms with Gasteiger partial charge in [-0.15, -0.1) is 0 Å². The lowest BCUT2D eigenvalue weighted by molar-refractivity contribution is -0.119. The standard InChI is InChI=1S/C9H18N2O2/c1-6(9(10)12)11-7-3-4-8(5-7)13-2/h6-8,11H,3-5H2,1-2H3,(H2,10,12). The molecule has 1 aliphatic rings. The van der Waals surface area contributed by atoms with Gasteiger partial charge in [-0.25, -0.2) is 0 Å². The van der Waals surface area contributed by atoms with Crippen molar-refractivity contribution in [2.45, 2.75) is 44.4 Å². The molecule has 0 aromatic carbocycles. The molecule has 0 aromatic rings. The predicted molar refractivity (Wildman–Crippen MR) is 50.2 cm³/mol. The lowest BCUT2D eigenvalue weighted by Gasteiger charge is -2.16. The van der Waals surface area contributed by atoms with Crippen molar-refractivity contribution in [3.05, 3.63) is 0 Å². The second kappa shape index (κ2) is 4.58. The van der Waals surface area contributed by atoms with Crippen LogP contribution in [0.25, 0.3) is 0 Å². The highest BCUT2D eigenvalue weighted by Crippen LogP contribution is 2.21. The van der Waals surface area contributed by atoms with E-state index in [0.29, 0.717) is 12.1 Å². The second-order valence-corrected chi connectivity index (χ2v) is 3.66. The summed E-state index contributed by atoms with van der Waals surface area (Å²) in [5, 5.41) is 3.19. The number of methoxy groups -OCH3 is 1. The van der Waals surface area contributed by atoms with Gasteiger partial charge in [0.25, 0.3) is 0 Å².